The Morgan fingerprint density at radius 1 is 1.12 bits per heavy atom. The van der Waals surface area contributed by atoms with Crippen molar-refractivity contribution < 1.29 is 8.42 Å². The molecule has 1 aromatic heterocycles. The molecule has 1 heterocycles. The minimum Gasteiger partial charge on any atom is -0.227 e. The van der Waals surface area contributed by atoms with Crippen LogP contribution in [0.3, 0.4) is 0 Å². The van der Waals surface area contributed by atoms with Crippen molar-refractivity contribution in [2.24, 2.45) is 5.92 Å². The highest BCUT2D eigenvalue weighted by molar-refractivity contribution is 7.90. The van der Waals surface area contributed by atoms with E-state index in [1.807, 2.05) is 0 Å². The molecular formula is C12H18N2O2S. The predicted molar refractivity (Wildman–Crippen MR) is 65.5 cm³/mol. The van der Waals surface area contributed by atoms with Gasteiger partial charge in [0.15, 0.2) is 0 Å². The van der Waals surface area contributed by atoms with Gasteiger partial charge in [0.25, 0.3) is 0 Å². The Bertz CT molecular complexity index is 474. The average Bonchev–Trinajstić information content (AvgIpc) is 2.29. The van der Waals surface area contributed by atoms with Gasteiger partial charge in [-0.2, -0.15) is 0 Å². The molecule has 0 aliphatic heterocycles. The van der Waals surface area contributed by atoms with Gasteiger partial charge in [-0.25, -0.2) is 18.4 Å². The highest BCUT2D eigenvalue weighted by atomic mass is 32.2. The molecule has 1 saturated carbocycles. The second-order valence-electron chi connectivity index (χ2n) is 5.03. The van der Waals surface area contributed by atoms with E-state index >= 15 is 0 Å². The van der Waals surface area contributed by atoms with Crippen LogP contribution < -0.4 is 0 Å². The zero-order valence-corrected chi connectivity index (χ0v) is 11.1. The molecule has 0 amide bonds. The third-order valence-electron chi connectivity index (χ3n) is 3.47. The van der Waals surface area contributed by atoms with Crippen molar-refractivity contribution in [1.29, 1.82) is 0 Å². The van der Waals surface area contributed by atoms with Gasteiger partial charge in [0.1, 0.15) is 0 Å². The van der Waals surface area contributed by atoms with Crippen LogP contribution in [0.2, 0.25) is 0 Å². The molecule has 0 unspecified atom stereocenters. The number of sulfone groups is 1. The van der Waals surface area contributed by atoms with Crippen LogP contribution in [0, 0.1) is 5.92 Å². The Kier molecular flexibility index (Phi) is 3.47. The van der Waals surface area contributed by atoms with Crippen LogP contribution in [0.5, 0.6) is 0 Å². The van der Waals surface area contributed by atoms with Crippen LogP contribution in [-0.2, 0) is 9.84 Å². The first kappa shape index (κ1) is 12.5. The lowest BCUT2D eigenvalue weighted by Gasteiger charge is -2.25. The van der Waals surface area contributed by atoms with Crippen LogP contribution in [0.4, 0.5) is 0 Å². The molecule has 17 heavy (non-hydrogen) atoms. The third kappa shape index (κ3) is 3.03. The van der Waals surface area contributed by atoms with Crippen molar-refractivity contribution in [3.63, 3.8) is 0 Å². The van der Waals surface area contributed by atoms with E-state index in [1.165, 1.54) is 12.8 Å². The van der Waals surface area contributed by atoms with Gasteiger partial charge >= 0.3 is 0 Å². The monoisotopic (exact) mass is 254 g/mol. The van der Waals surface area contributed by atoms with Crippen LogP contribution in [0.15, 0.2) is 17.6 Å². The maximum absolute atomic E-state index is 11.2. The quantitative estimate of drug-likeness (QED) is 0.759. The lowest BCUT2D eigenvalue weighted by molar-refractivity contribution is 0.347. The summed E-state index contributed by atoms with van der Waals surface area (Å²) >= 11 is 0. The van der Waals surface area contributed by atoms with E-state index in [2.05, 4.69) is 16.9 Å². The van der Waals surface area contributed by atoms with Gasteiger partial charge in [0.05, 0.1) is 0 Å². The van der Waals surface area contributed by atoms with Crippen molar-refractivity contribution in [1.82, 2.24) is 9.97 Å². The summed E-state index contributed by atoms with van der Waals surface area (Å²) in [6.45, 7) is 2.28. The van der Waals surface area contributed by atoms with E-state index in [9.17, 15) is 8.42 Å². The molecule has 1 aromatic rings. The highest BCUT2D eigenvalue weighted by Gasteiger charge is 2.21. The number of rotatable bonds is 2. The van der Waals surface area contributed by atoms with E-state index in [4.69, 9.17) is 0 Å². The van der Waals surface area contributed by atoms with E-state index in [0.29, 0.717) is 5.92 Å². The Morgan fingerprint density at radius 3 is 2.12 bits per heavy atom. The summed E-state index contributed by atoms with van der Waals surface area (Å²) in [6, 6.07) is 0. The molecule has 0 radical (unpaired) electrons. The average molecular weight is 254 g/mol. The molecule has 0 atom stereocenters. The summed E-state index contributed by atoms with van der Waals surface area (Å²) in [5, 5.41) is -0.0783. The summed E-state index contributed by atoms with van der Waals surface area (Å²) in [4.78, 5) is 7.89. The largest absolute Gasteiger partial charge is 0.246 e. The normalized spacial score (nSPS) is 25.8. The molecule has 94 valence electrons. The first-order valence-electron chi connectivity index (χ1n) is 5.99. The zero-order chi connectivity index (χ0) is 12.5. The summed E-state index contributed by atoms with van der Waals surface area (Å²) in [5.41, 5.74) is 1.07. The second kappa shape index (κ2) is 4.72. The van der Waals surface area contributed by atoms with Gasteiger partial charge in [0, 0.05) is 18.6 Å². The number of aromatic nitrogens is 2. The van der Waals surface area contributed by atoms with E-state index in [1.54, 1.807) is 12.4 Å². The summed E-state index contributed by atoms with van der Waals surface area (Å²) in [7, 11) is -3.28. The topological polar surface area (TPSA) is 59.9 Å². The van der Waals surface area contributed by atoms with E-state index in [-0.39, 0.29) is 5.16 Å². The maximum atomic E-state index is 11.2. The summed E-state index contributed by atoms with van der Waals surface area (Å²) in [5.74, 6) is 1.31. The molecule has 1 aliphatic rings. The maximum Gasteiger partial charge on any atom is 0.246 e. The predicted octanol–water partition coefficient (Wildman–Crippen LogP) is 2.17. The lowest BCUT2D eigenvalue weighted by atomic mass is 9.80. The SMILES string of the molecule is CC1CCC(c2cnc(S(C)(=O)=O)nc2)CC1. The fourth-order valence-corrected chi connectivity index (χ4v) is 2.81. The number of hydrogen-bond donors (Lipinski definition) is 0. The van der Waals surface area contributed by atoms with Crippen molar-refractivity contribution in [3.8, 4) is 0 Å². The summed E-state index contributed by atoms with van der Waals surface area (Å²) < 4.78 is 22.5. The molecule has 0 saturated heterocycles. The molecule has 5 heteroatoms. The fourth-order valence-electron chi connectivity index (χ4n) is 2.32. The molecule has 4 nitrogen and oxygen atoms in total. The highest BCUT2D eigenvalue weighted by Crippen LogP contribution is 2.34. The zero-order valence-electron chi connectivity index (χ0n) is 10.3. The minimum atomic E-state index is -3.28. The smallest absolute Gasteiger partial charge is 0.227 e. The van der Waals surface area contributed by atoms with Crippen molar-refractivity contribution >= 4 is 9.84 Å². The molecule has 1 fully saturated rings. The van der Waals surface area contributed by atoms with Gasteiger partial charge in [-0.3, -0.25) is 0 Å². The Balaban J connectivity index is 2.13. The first-order valence-corrected chi connectivity index (χ1v) is 7.88. The first-order chi connectivity index (χ1) is 7.97. The number of nitrogens with zero attached hydrogens (tertiary/aromatic N) is 2. The van der Waals surface area contributed by atoms with Crippen molar-refractivity contribution in [2.45, 2.75) is 43.7 Å². The van der Waals surface area contributed by atoms with Gasteiger partial charge < -0.3 is 0 Å². The molecule has 0 spiro atoms. The van der Waals surface area contributed by atoms with E-state index in [0.717, 1.165) is 30.6 Å². The standard InChI is InChI=1S/C12H18N2O2S/c1-9-3-5-10(6-4-9)11-7-13-12(14-8-11)17(2,15)16/h7-10H,3-6H2,1-2H3. The van der Waals surface area contributed by atoms with Gasteiger partial charge in [-0.1, -0.05) is 19.8 Å². The summed E-state index contributed by atoms with van der Waals surface area (Å²) in [6.07, 6.45) is 9.25. The number of hydrogen-bond acceptors (Lipinski definition) is 4. The van der Waals surface area contributed by atoms with E-state index < -0.39 is 9.84 Å². The molecule has 1 aliphatic carbocycles. The van der Waals surface area contributed by atoms with Crippen molar-refractivity contribution in [2.75, 3.05) is 6.26 Å². The van der Waals surface area contributed by atoms with Crippen LogP contribution >= 0.6 is 0 Å². The molecule has 0 N–H and O–H groups in total. The Morgan fingerprint density at radius 2 is 1.65 bits per heavy atom. The van der Waals surface area contributed by atoms with Crippen LogP contribution in [-0.4, -0.2) is 24.6 Å². The fraction of sp³-hybridized carbons (Fsp3) is 0.667. The molecule has 0 bridgehead atoms. The Labute approximate surface area is 102 Å². The third-order valence-corrected chi connectivity index (χ3v) is 4.34. The molecule has 0 aromatic carbocycles. The van der Waals surface area contributed by atoms with Crippen LogP contribution in [0.1, 0.15) is 44.1 Å². The van der Waals surface area contributed by atoms with Crippen molar-refractivity contribution in [3.05, 3.63) is 18.0 Å². The second-order valence-corrected chi connectivity index (χ2v) is 6.94. The minimum absolute atomic E-state index is 0.0783. The van der Waals surface area contributed by atoms with Gasteiger partial charge in [-0.15, -0.1) is 0 Å². The lowest BCUT2D eigenvalue weighted by Crippen LogP contribution is -2.12. The van der Waals surface area contributed by atoms with Gasteiger partial charge in [-0.05, 0) is 30.2 Å². The Hall–Kier alpha value is -0.970. The molecular weight excluding hydrogens is 236 g/mol. The molecule has 2 rings (SSSR count). The van der Waals surface area contributed by atoms with Crippen LogP contribution in [0.25, 0.3) is 0 Å². The van der Waals surface area contributed by atoms with Gasteiger partial charge in [0.2, 0.25) is 15.0 Å².